The number of aromatic amines is 1. The first-order valence-electron chi connectivity index (χ1n) is 19.0. The van der Waals surface area contributed by atoms with Crippen molar-refractivity contribution in [2.24, 2.45) is 17.8 Å². The highest BCUT2D eigenvalue weighted by atomic mass is 16.7. The number of hydrogen-bond acceptors (Lipinski definition) is 6. The Morgan fingerprint density at radius 3 is 2.20 bits per heavy atom. The minimum atomic E-state index is -0.566. The summed E-state index contributed by atoms with van der Waals surface area (Å²) in [6.07, 6.45) is 9.09. The van der Waals surface area contributed by atoms with E-state index in [4.69, 9.17) is 9.47 Å². The van der Waals surface area contributed by atoms with Crippen LogP contribution in [0, 0.1) is 17.8 Å². The number of anilines is 1. The predicted molar refractivity (Wildman–Crippen MR) is 195 cm³/mol. The largest absolute Gasteiger partial charge is 0.392 e. The number of urea groups is 1. The van der Waals surface area contributed by atoms with Crippen LogP contribution >= 0.6 is 0 Å². The Morgan fingerprint density at radius 2 is 1.51 bits per heavy atom. The molecule has 51 heavy (non-hydrogen) atoms. The number of aliphatic hydroxyl groups is 1. The second-order valence-electron chi connectivity index (χ2n) is 16.1. The molecule has 6 aliphatic rings. The van der Waals surface area contributed by atoms with E-state index < -0.39 is 6.29 Å². The standard InChI is InChI=1S/C41H49N5O5/c47-25-26-5-7-30(8-6-26)37-20-34(24-45-15-13-33(14-16-45)46-36-4-2-1-3-35(36)43-40(46)49)50-38(51-37)31-9-11-32(12-10-31)42-39(48)44-41-21-27-17-28(22-41)19-29(18-27)23-41/h1-12,27-29,33-34,37-38,47H,13-25H2,(H,43,49)(H2,42,44,48)/t27?,28?,29?,34-,37+,38+,41?/m1/s1. The van der Waals surface area contributed by atoms with E-state index in [1.54, 1.807) is 0 Å². The summed E-state index contributed by atoms with van der Waals surface area (Å²) >= 11 is 0. The smallest absolute Gasteiger partial charge is 0.326 e. The number of likely N-dealkylation sites (tertiary alicyclic amines) is 1. The molecule has 0 radical (unpaired) electrons. The van der Waals surface area contributed by atoms with Crippen LogP contribution in [0.5, 0.6) is 0 Å². The van der Waals surface area contributed by atoms with Gasteiger partial charge < -0.3 is 35.1 Å². The summed E-state index contributed by atoms with van der Waals surface area (Å²) < 4.78 is 15.2. The molecule has 2 saturated heterocycles. The summed E-state index contributed by atoms with van der Waals surface area (Å²) in [4.78, 5) is 31.5. The Labute approximate surface area is 298 Å². The van der Waals surface area contributed by atoms with Crippen LogP contribution in [0.25, 0.3) is 11.0 Å². The number of carbonyl (C=O) groups is 1. The molecule has 4 bridgehead atoms. The van der Waals surface area contributed by atoms with Crippen LogP contribution in [0.4, 0.5) is 10.5 Å². The van der Waals surface area contributed by atoms with Gasteiger partial charge in [0.15, 0.2) is 6.29 Å². The van der Waals surface area contributed by atoms with E-state index in [0.717, 1.165) is 103 Å². The van der Waals surface area contributed by atoms with E-state index in [0.29, 0.717) is 6.42 Å². The van der Waals surface area contributed by atoms with Crippen molar-refractivity contribution in [3.8, 4) is 0 Å². The Kier molecular flexibility index (Phi) is 8.74. The third kappa shape index (κ3) is 6.75. The lowest BCUT2D eigenvalue weighted by Gasteiger charge is -2.56. The molecule has 4 aromatic rings. The summed E-state index contributed by atoms with van der Waals surface area (Å²) in [7, 11) is 0. The maximum atomic E-state index is 13.2. The number of hydrogen-bond donors (Lipinski definition) is 4. The second-order valence-corrected chi connectivity index (χ2v) is 16.1. The number of nitrogens with one attached hydrogen (secondary N) is 3. The van der Waals surface area contributed by atoms with Crippen LogP contribution < -0.4 is 16.3 Å². The van der Waals surface area contributed by atoms with Crippen LogP contribution in [-0.2, 0) is 16.1 Å². The highest BCUT2D eigenvalue weighted by Crippen LogP contribution is 2.55. The van der Waals surface area contributed by atoms with Crippen molar-refractivity contribution in [2.75, 3.05) is 25.0 Å². The van der Waals surface area contributed by atoms with Gasteiger partial charge in [0, 0.05) is 48.9 Å². The average Bonchev–Trinajstić information content (AvgIpc) is 3.47. The van der Waals surface area contributed by atoms with E-state index in [-0.39, 0.29) is 42.1 Å². The highest BCUT2D eigenvalue weighted by molar-refractivity contribution is 5.89. The number of rotatable bonds is 8. The van der Waals surface area contributed by atoms with Gasteiger partial charge in [0.25, 0.3) is 0 Å². The van der Waals surface area contributed by atoms with Gasteiger partial charge in [-0.2, -0.15) is 0 Å². The zero-order chi connectivity index (χ0) is 34.5. The first-order chi connectivity index (χ1) is 24.9. The normalized spacial score (nSPS) is 30.8. The van der Waals surface area contributed by atoms with E-state index in [1.807, 2.05) is 77.4 Å². The first kappa shape index (κ1) is 32.9. The second kappa shape index (κ2) is 13.5. The maximum absolute atomic E-state index is 13.2. The van der Waals surface area contributed by atoms with Gasteiger partial charge in [0.05, 0.1) is 29.8 Å². The van der Waals surface area contributed by atoms with Gasteiger partial charge in [-0.05, 0) is 105 Å². The average molecular weight is 692 g/mol. The molecule has 2 aliphatic heterocycles. The fourth-order valence-electron chi connectivity index (χ4n) is 10.5. The number of carbonyl (C=O) groups excluding carboxylic acids is 1. The molecule has 10 nitrogen and oxygen atoms in total. The number of para-hydroxylation sites is 2. The molecule has 3 heterocycles. The third-order valence-electron chi connectivity index (χ3n) is 12.5. The SMILES string of the molecule is O=C(Nc1ccc([C@H]2O[C@@H](CN3CCC(n4c(=O)[nH]c5ccccc54)CC3)C[C@@H](c3ccc(CO)cc3)O2)cc1)NC12CC3CC(CC(C3)C1)C2. The number of amides is 2. The molecule has 4 aliphatic carbocycles. The zero-order valence-electron chi connectivity index (χ0n) is 29.1. The highest BCUT2D eigenvalue weighted by Gasteiger charge is 2.51. The molecule has 3 aromatic carbocycles. The summed E-state index contributed by atoms with van der Waals surface area (Å²) in [6.45, 7) is 2.53. The first-order valence-corrected chi connectivity index (χ1v) is 19.0. The van der Waals surface area contributed by atoms with Crippen molar-refractivity contribution in [1.29, 1.82) is 0 Å². The summed E-state index contributed by atoms with van der Waals surface area (Å²) in [5.41, 5.74) is 5.36. The van der Waals surface area contributed by atoms with Crippen molar-refractivity contribution in [3.05, 3.63) is 100.0 Å². The van der Waals surface area contributed by atoms with Crippen molar-refractivity contribution >= 4 is 22.8 Å². The topological polar surface area (TPSA) is 121 Å². The number of imidazole rings is 1. The Hall–Kier alpha value is -3.96. The van der Waals surface area contributed by atoms with Crippen molar-refractivity contribution in [3.63, 3.8) is 0 Å². The number of nitrogens with zero attached hydrogens (tertiary/aromatic N) is 2. The minimum Gasteiger partial charge on any atom is -0.392 e. The molecule has 0 unspecified atom stereocenters. The fourth-order valence-corrected chi connectivity index (χ4v) is 10.5. The number of piperidine rings is 1. The lowest BCUT2D eigenvalue weighted by Crippen LogP contribution is -2.60. The fraction of sp³-hybridized carbons (Fsp3) is 0.512. The molecule has 2 amide bonds. The lowest BCUT2D eigenvalue weighted by molar-refractivity contribution is -0.253. The minimum absolute atomic E-state index is 0.00173. The van der Waals surface area contributed by atoms with Crippen molar-refractivity contribution in [2.45, 2.75) is 94.5 Å². The van der Waals surface area contributed by atoms with Crippen LogP contribution in [0.1, 0.15) is 92.9 Å². The van der Waals surface area contributed by atoms with E-state index in [1.165, 1.54) is 19.3 Å². The molecule has 10 heteroatoms. The predicted octanol–water partition coefficient (Wildman–Crippen LogP) is 6.79. The van der Waals surface area contributed by atoms with Gasteiger partial charge in [-0.1, -0.05) is 48.5 Å². The van der Waals surface area contributed by atoms with Gasteiger partial charge in [-0.3, -0.25) is 4.57 Å². The summed E-state index contributed by atoms with van der Waals surface area (Å²) in [5.74, 6) is 2.32. The monoisotopic (exact) mass is 691 g/mol. The van der Waals surface area contributed by atoms with Gasteiger partial charge in [0.2, 0.25) is 0 Å². The molecule has 1 aromatic heterocycles. The Morgan fingerprint density at radius 1 is 0.843 bits per heavy atom. The molecule has 0 spiro atoms. The van der Waals surface area contributed by atoms with Gasteiger partial charge >= 0.3 is 11.7 Å². The molecular weight excluding hydrogens is 642 g/mol. The van der Waals surface area contributed by atoms with E-state index in [9.17, 15) is 14.7 Å². The Balaban J connectivity index is 0.863. The number of aliphatic hydroxyl groups excluding tert-OH is 1. The Bertz CT molecular complexity index is 1880. The van der Waals surface area contributed by atoms with E-state index >= 15 is 0 Å². The van der Waals surface area contributed by atoms with Crippen LogP contribution in [-0.4, -0.2) is 56.9 Å². The molecule has 6 fully saturated rings. The van der Waals surface area contributed by atoms with Crippen LogP contribution in [0.3, 0.4) is 0 Å². The molecule has 4 N–H and O–H groups in total. The van der Waals surface area contributed by atoms with Gasteiger partial charge in [-0.15, -0.1) is 0 Å². The number of benzene rings is 3. The van der Waals surface area contributed by atoms with Gasteiger partial charge in [-0.25, -0.2) is 9.59 Å². The van der Waals surface area contributed by atoms with Crippen LogP contribution in [0.2, 0.25) is 0 Å². The molecular formula is C41H49N5O5. The maximum Gasteiger partial charge on any atom is 0.326 e. The zero-order valence-corrected chi connectivity index (χ0v) is 29.1. The lowest BCUT2D eigenvalue weighted by atomic mass is 9.53. The molecule has 10 rings (SSSR count). The van der Waals surface area contributed by atoms with Crippen molar-refractivity contribution in [1.82, 2.24) is 19.8 Å². The number of fused-ring (bicyclic) bond motifs is 1. The quantitative estimate of drug-likeness (QED) is 0.162. The summed E-state index contributed by atoms with van der Waals surface area (Å²) in [5, 5.41) is 16.1. The van der Waals surface area contributed by atoms with E-state index in [2.05, 4.69) is 20.5 Å². The third-order valence-corrected chi connectivity index (χ3v) is 12.5. The number of ether oxygens (including phenoxy) is 2. The van der Waals surface area contributed by atoms with Crippen LogP contribution in [0.15, 0.2) is 77.6 Å². The van der Waals surface area contributed by atoms with Gasteiger partial charge in [0.1, 0.15) is 0 Å². The summed E-state index contributed by atoms with van der Waals surface area (Å²) in [6, 6.07) is 23.8. The molecule has 268 valence electrons. The number of aromatic nitrogens is 2. The molecule has 3 atom stereocenters. The molecule has 4 saturated carbocycles. The number of H-pyrrole nitrogens is 1. The van der Waals surface area contributed by atoms with Crippen molar-refractivity contribution < 1.29 is 19.4 Å².